The molecule has 0 N–H and O–H groups in total. The van der Waals surface area contributed by atoms with Gasteiger partial charge in [0.05, 0.1) is 12.0 Å². The normalized spacial score (nSPS) is 21.7. The Kier molecular flexibility index (Phi) is 4.92. The van der Waals surface area contributed by atoms with Crippen molar-refractivity contribution in [2.75, 3.05) is 5.75 Å². The number of benzene rings is 1. The summed E-state index contributed by atoms with van der Waals surface area (Å²) in [4.78, 5) is 25.0. The van der Waals surface area contributed by atoms with Crippen LogP contribution in [0.5, 0.6) is 0 Å². The standard InChI is InChI=1S/C15H18ClNO4S/c1-15(2,3)21-14(20)17-11(13(18)19)8-22-12(17)9-6-4-5-7-10(9)16/h4-7,11-12H,8H2,1-3H3,(H,18,19)/p-1/t11-,12-/m1/s1. The molecule has 1 fully saturated rings. The van der Waals surface area contributed by atoms with Crippen LogP contribution in [0, 0.1) is 0 Å². The lowest BCUT2D eigenvalue weighted by Crippen LogP contribution is -2.50. The van der Waals surface area contributed by atoms with Crippen LogP contribution in [-0.4, -0.2) is 34.4 Å². The zero-order valence-corrected chi connectivity index (χ0v) is 14.1. The van der Waals surface area contributed by atoms with Crippen LogP contribution in [-0.2, 0) is 9.53 Å². The molecule has 1 aliphatic heterocycles. The highest BCUT2D eigenvalue weighted by Crippen LogP contribution is 2.44. The number of aliphatic carboxylic acids is 1. The van der Waals surface area contributed by atoms with Crippen LogP contribution in [0.1, 0.15) is 31.7 Å². The number of rotatable bonds is 2. The molecule has 0 saturated carbocycles. The molecule has 2 atom stereocenters. The predicted molar refractivity (Wildman–Crippen MR) is 83.5 cm³/mol. The minimum absolute atomic E-state index is 0.234. The molecule has 1 aliphatic rings. The van der Waals surface area contributed by atoms with Gasteiger partial charge in [-0.05, 0) is 26.8 Å². The van der Waals surface area contributed by atoms with Crippen molar-refractivity contribution in [3.63, 3.8) is 0 Å². The summed E-state index contributed by atoms with van der Waals surface area (Å²) in [5.74, 6) is -1.06. The molecular weight excluding hydrogens is 326 g/mol. The van der Waals surface area contributed by atoms with Crippen molar-refractivity contribution in [1.82, 2.24) is 4.90 Å². The van der Waals surface area contributed by atoms with Crippen molar-refractivity contribution in [1.29, 1.82) is 0 Å². The van der Waals surface area contributed by atoms with Crippen molar-refractivity contribution >= 4 is 35.4 Å². The SMILES string of the molecule is CC(C)(C)OC(=O)N1[C@@H](C(=O)[O-])CS[C@@H]1c1ccccc1Cl. The molecule has 1 aromatic rings. The zero-order chi connectivity index (χ0) is 16.5. The van der Waals surface area contributed by atoms with Gasteiger partial charge in [-0.3, -0.25) is 4.90 Å². The second-order valence-electron chi connectivity index (χ2n) is 5.93. The summed E-state index contributed by atoms with van der Waals surface area (Å²) in [5.41, 5.74) is -0.0324. The molecule has 2 rings (SSSR count). The van der Waals surface area contributed by atoms with E-state index in [-0.39, 0.29) is 5.75 Å². The maximum absolute atomic E-state index is 12.4. The van der Waals surface area contributed by atoms with Gasteiger partial charge in [0.25, 0.3) is 0 Å². The molecule has 5 nitrogen and oxygen atoms in total. The van der Waals surface area contributed by atoms with E-state index in [4.69, 9.17) is 16.3 Å². The van der Waals surface area contributed by atoms with Gasteiger partial charge in [0.15, 0.2) is 0 Å². The van der Waals surface area contributed by atoms with Crippen LogP contribution in [0.3, 0.4) is 0 Å². The van der Waals surface area contributed by atoms with Gasteiger partial charge in [0.1, 0.15) is 11.0 Å². The Morgan fingerprint density at radius 3 is 2.55 bits per heavy atom. The fourth-order valence-electron chi connectivity index (χ4n) is 2.14. The molecule has 1 aromatic carbocycles. The van der Waals surface area contributed by atoms with E-state index >= 15 is 0 Å². The molecule has 1 saturated heterocycles. The van der Waals surface area contributed by atoms with E-state index in [0.29, 0.717) is 10.6 Å². The average molecular weight is 343 g/mol. The number of ether oxygens (including phenoxy) is 1. The van der Waals surface area contributed by atoms with Crippen molar-refractivity contribution in [2.24, 2.45) is 0 Å². The molecule has 0 spiro atoms. The van der Waals surface area contributed by atoms with Gasteiger partial charge >= 0.3 is 6.09 Å². The van der Waals surface area contributed by atoms with Gasteiger partial charge in [-0.25, -0.2) is 4.79 Å². The Morgan fingerprint density at radius 2 is 2.00 bits per heavy atom. The van der Waals surface area contributed by atoms with Crippen LogP contribution in [0.25, 0.3) is 0 Å². The van der Waals surface area contributed by atoms with E-state index in [1.807, 2.05) is 0 Å². The summed E-state index contributed by atoms with van der Waals surface area (Å²) in [7, 11) is 0. The molecule has 0 aliphatic carbocycles. The van der Waals surface area contributed by atoms with Crippen LogP contribution < -0.4 is 5.11 Å². The molecule has 1 heterocycles. The van der Waals surface area contributed by atoms with Crippen LogP contribution >= 0.6 is 23.4 Å². The second kappa shape index (κ2) is 6.38. The first-order valence-corrected chi connectivity index (χ1v) is 8.21. The van der Waals surface area contributed by atoms with Crippen LogP contribution in [0.4, 0.5) is 4.79 Å². The lowest BCUT2D eigenvalue weighted by molar-refractivity contribution is -0.310. The first-order chi connectivity index (χ1) is 10.2. The fraction of sp³-hybridized carbons (Fsp3) is 0.467. The molecule has 0 aromatic heterocycles. The third-order valence-electron chi connectivity index (χ3n) is 3.05. The van der Waals surface area contributed by atoms with E-state index in [1.165, 1.54) is 16.7 Å². The van der Waals surface area contributed by atoms with Crippen molar-refractivity contribution in [3.8, 4) is 0 Å². The van der Waals surface area contributed by atoms with Crippen molar-refractivity contribution in [2.45, 2.75) is 37.8 Å². The first-order valence-electron chi connectivity index (χ1n) is 6.79. The number of carboxylic acids is 1. The molecular formula is C15H17ClNO4S-. The Bertz CT molecular complexity index is 587. The third kappa shape index (κ3) is 3.67. The summed E-state index contributed by atoms with van der Waals surface area (Å²) >= 11 is 7.51. The fourth-order valence-corrected chi connectivity index (χ4v) is 3.88. The number of carbonyl (C=O) groups is 2. The zero-order valence-electron chi connectivity index (χ0n) is 12.5. The number of halogens is 1. The summed E-state index contributed by atoms with van der Waals surface area (Å²) in [6.45, 7) is 5.19. The van der Waals surface area contributed by atoms with E-state index in [0.717, 1.165) is 0 Å². The molecule has 1 amide bonds. The quantitative estimate of drug-likeness (QED) is 0.825. The Balaban J connectivity index is 2.35. The summed E-state index contributed by atoms with van der Waals surface area (Å²) in [6, 6.07) is 6.01. The third-order valence-corrected chi connectivity index (χ3v) is 4.70. The minimum atomic E-state index is -1.30. The number of thioether (sulfide) groups is 1. The Morgan fingerprint density at radius 1 is 1.36 bits per heavy atom. The van der Waals surface area contributed by atoms with Gasteiger partial charge < -0.3 is 14.6 Å². The topological polar surface area (TPSA) is 69.7 Å². The van der Waals surface area contributed by atoms with E-state index in [9.17, 15) is 14.7 Å². The maximum Gasteiger partial charge on any atom is 0.412 e. The monoisotopic (exact) mass is 342 g/mol. The van der Waals surface area contributed by atoms with Gasteiger partial charge in [-0.1, -0.05) is 29.8 Å². The number of hydrogen-bond acceptors (Lipinski definition) is 5. The van der Waals surface area contributed by atoms with E-state index < -0.39 is 29.1 Å². The number of carboxylic acid groups (broad SMARTS) is 1. The molecule has 7 heteroatoms. The summed E-state index contributed by atoms with van der Waals surface area (Å²) < 4.78 is 5.33. The summed E-state index contributed by atoms with van der Waals surface area (Å²) in [5, 5.41) is 11.3. The number of amides is 1. The Labute approximate surface area is 138 Å². The van der Waals surface area contributed by atoms with Crippen molar-refractivity contribution in [3.05, 3.63) is 34.9 Å². The number of carbonyl (C=O) groups excluding carboxylic acids is 2. The lowest BCUT2D eigenvalue weighted by Gasteiger charge is -2.32. The highest BCUT2D eigenvalue weighted by molar-refractivity contribution is 7.99. The van der Waals surface area contributed by atoms with Crippen molar-refractivity contribution < 1.29 is 19.4 Å². The largest absolute Gasteiger partial charge is 0.548 e. The van der Waals surface area contributed by atoms with Gasteiger partial charge in [-0.15, -0.1) is 11.8 Å². The van der Waals surface area contributed by atoms with Gasteiger partial charge in [-0.2, -0.15) is 0 Å². The molecule has 0 radical (unpaired) electrons. The minimum Gasteiger partial charge on any atom is -0.548 e. The van der Waals surface area contributed by atoms with Gasteiger partial charge in [0.2, 0.25) is 0 Å². The molecule has 0 unspecified atom stereocenters. The maximum atomic E-state index is 12.4. The van der Waals surface area contributed by atoms with E-state index in [2.05, 4.69) is 0 Å². The highest BCUT2D eigenvalue weighted by atomic mass is 35.5. The van der Waals surface area contributed by atoms with Crippen LogP contribution in [0.2, 0.25) is 5.02 Å². The number of hydrogen-bond donors (Lipinski definition) is 0. The molecule has 22 heavy (non-hydrogen) atoms. The van der Waals surface area contributed by atoms with Crippen LogP contribution in [0.15, 0.2) is 24.3 Å². The smallest absolute Gasteiger partial charge is 0.412 e. The Hall–Kier alpha value is -1.40. The first kappa shape index (κ1) is 17.0. The predicted octanol–water partition coefficient (Wildman–Crippen LogP) is 2.44. The summed E-state index contributed by atoms with van der Waals surface area (Å²) in [6.07, 6.45) is -0.684. The molecule has 0 bridgehead atoms. The second-order valence-corrected chi connectivity index (χ2v) is 7.45. The lowest BCUT2D eigenvalue weighted by atomic mass is 10.1. The highest BCUT2D eigenvalue weighted by Gasteiger charge is 2.42. The van der Waals surface area contributed by atoms with E-state index in [1.54, 1.807) is 45.0 Å². The van der Waals surface area contributed by atoms with Gasteiger partial charge in [0, 0.05) is 16.3 Å². The molecule has 120 valence electrons. The number of nitrogens with zero attached hydrogens (tertiary/aromatic N) is 1. The average Bonchev–Trinajstić information content (AvgIpc) is 2.82.